The molecule has 2 aromatic carbocycles. The van der Waals surface area contributed by atoms with E-state index in [4.69, 9.17) is 4.74 Å². The molecule has 0 unspecified atom stereocenters. The van der Waals surface area contributed by atoms with Gasteiger partial charge in [-0.1, -0.05) is 30.3 Å². The summed E-state index contributed by atoms with van der Waals surface area (Å²) in [6.07, 6.45) is 3.45. The number of pyridine rings is 1. The van der Waals surface area contributed by atoms with Gasteiger partial charge in [0.05, 0.1) is 17.3 Å². The van der Waals surface area contributed by atoms with Crippen molar-refractivity contribution in [2.75, 3.05) is 26.2 Å². The van der Waals surface area contributed by atoms with Crippen LogP contribution in [0.4, 0.5) is 9.18 Å². The van der Waals surface area contributed by atoms with Crippen molar-refractivity contribution in [3.05, 3.63) is 95.2 Å². The molecule has 1 fully saturated rings. The molecule has 8 heteroatoms. The zero-order chi connectivity index (χ0) is 27.7. The predicted octanol–water partition coefficient (Wildman–Crippen LogP) is 5.76. The summed E-state index contributed by atoms with van der Waals surface area (Å²) < 4.78 is 22.1. The molecular formula is C31H33FN4O3. The summed E-state index contributed by atoms with van der Waals surface area (Å²) >= 11 is 0. The van der Waals surface area contributed by atoms with E-state index in [1.807, 2.05) is 63.2 Å². The highest BCUT2D eigenvalue weighted by molar-refractivity contribution is 6.09. The van der Waals surface area contributed by atoms with Gasteiger partial charge < -0.3 is 19.1 Å². The molecule has 0 spiro atoms. The van der Waals surface area contributed by atoms with Crippen LogP contribution in [0.2, 0.25) is 0 Å². The maximum atomic E-state index is 14.5. The number of hydrogen-bond donors (Lipinski definition) is 0. The molecule has 0 atom stereocenters. The summed E-state index contributed by atoms with van der Waals surface area (Å²) in [5.41, 5.74) is 3.85. The summed E-state index contributed by atoms with van der Waals surface area (Å²) in [4.78, 5) is 34.6. The smallest absolute Gasteiger partial charge is 0.410 e. The zero-order valence-corrected chi connectivity index (χ0v) is 22.8. The van der Waals surface area contributed by atoms with Gasteiger partial charge in [0.25, 0.3) is 5.91 Å². The minimum atomic E-state index is -0.582. The summed E-state index contributed by atoms with van der Waals surface area (Å²) in [5.74, 6) is -0.392. The number of rotatable bonds is 4. The lowest BCUT2D eigenvalue weighted by molar-refractivity contribution is 0.0141. The Bertz CT molecular complexity index is 1520. The Morgan fingerprint density at radius 3 is 2.33 bits per heavy atom. The fraction of sp³-hybridized carbons (Fsp3) is 0.323. The maximum Gasteiger partial charge on any atom is 0.410 e. The van der Waals surface area contributed by atoms with E-state index in [2.05, 4.69) is 9.55 Å². The normalized spacial score (nSPS) is 14.1. The van der Waals surface area contributed by atoms with E-state index < -0.39 is 5.60 Å². The molecule has 0 N–H and O–H groups in total. The molecule has 2 amide bonds. The van der Waals surface area contributed by atoms with Crippen LogP contribution < -0.4 is 0 Å². The number of amides is 2. The van der Waals surface area contributed by atoms with Crippen LogP contribution in [0.1, 0.15) is 48.0 Å². The number of para-hydroxylation sites is 1. The largest absolute Gasteiger partial charge is 0.444 e. The molecule has 2 aromatic heterocycles. The van der Waals surface area contributed by atoms with E-state index in [-0.39, 0.29) is 17.8 Å². The monoisotopic (exact) mass is 528 g/mol. The van der Waals surface area contributed by atoms with E-state index in [1.54, 1.807) is 35.2 Å². The maximum absolute atomic E-state index is 14.5. The molecule has 1 aliphatic rings. The van der Waals surface area contributed by atoms with Gasteiger partial charge in [-0.25, -0.2) is 9.18 Å². The predicted molar refractivity (Wildman–Crippen MR) is 149 cm³/mol. The van der Waals surface area contributed by atoms with Gasteiger partial charge in [-0.3, -0.25) is 9.78 Å². The van der Waals surface area contributed by atoms with Crippen LogP contribution >= 0.6 is 0 Å². The summed E-state index contributed by atoms with van der Waals surface area (Å²) in [6, 6.07) is 16.7. The van der Waals surface area contributed by atoms with Gasteiger partial charge in [0.1, 0.15) is 11.4 Å². The molecule has 1 saturated heterocycles. The minimum Gasteiger partial charge on any atom is -0.444 e. The molecule has 3 heterocycles. The van der Waals surface area contributed by atoms with Crippen molar-refractivity contribution in [3.63, 3.8) is 0 Å². The molecule has 202 valence electrons. The molecule has 5 rings (SSSR count). The first-order valence-electron chi connectivity index (χ1n) is 13.2. The number of carbonyl (C=O) groups is 2. The van der Waals surface area contributed by atoms with Gasteiger partial charge in [0, 0.05) is 55.6 Å². The molecule has 0 radical (unpaired) electrons. The van der Waals surface area contributed by atoms with Crippen molar-refractivity contribution in [3.8, 4) is 5.69 Å². The van der Waals surface area contributed by atoms with Gasteiger partial charge in [-0.15, -0.1) is 0 Å². The van der Waals surface area contributed by atoms with E-state index in [1.165, 1.54) is 6.07 Å². The average Bonchev–Trinajstić information content (AvgIpc) is 3.24. The van der Waals surface area contributed by atoms with Crippen LogP contribution in [-0.2, 0) is 11.2 Å². The number of fused-ring (bicyclic) bond motifs is 1. The molecular weight excluding hydrogens is 495 g/mol. The fourth-order valence-corrected chi connectivity index (χ4v) is 5.07. The van der Waals surface area contributed by atoms with Crippen molar-refractivity contribution in [2.24, 2.45) is 0 Å². The molecule has 1 aliphatic heterocycles. The number of nitrogens with zero attached hydrogens (tertiary/aromatic N) is 4. The number of halogens is 1. The lowest BCUT2D eigenvalue weighted by Gasteiger charge is -2.35. The molecule has 0 aliphatic carbocycles. The van der Waals surface area contributed by atoms with Crippen molar-refractivity contribution >= 4 is 22.9 Å². The third-order valence-corrected chi connectivity index (χ3v) is 7.05. The zero-order valence-electron chi connectivity index (χ0n) is 22.8. The Morgan fingerprint density at radius 1 is 0.949 bits per heavy atom. The van der Waals surface area contributed by atoms with Crippen molar-refractivity contribution < 1.29 is 18.7 Å². The van der Waals surface area contributed by atoms with E-state index in [0.29, 0.717) is 43.7 Å². The molecule has 0 bridgehead atoms. The number of carbonyl (C=O) groups excluding carboxylic acids is 2. The SMILES string of the molecule is Cc1c(F)cccc1Cc1c(C(=O)N2CCN(C(=O)OC(C)(C)C)CC2)c2ccncc2n1-c1ccccc1. The highest BCUT2D eigenvalue weighted by Crippen LogP contribution is 2.33. The number of hydrogen-bond acceptors (Lipinski definition) is 4. The molecule has 39 heavy (non-hydrogen) atoms. The third-order valence-electron chi connectivity index (χ3n) is 7.05. The second-order valence-corrected chi connectivity index (χ2v) is 10.8. The number of piperazine rings is 1. The molecule has 0 saturated carbocycles. The summed E-state index contributed by atoms with van der Waals surface area (Å²) in [6.45, 7) is 8.83. The van der Waals surface area contributed by atoms with Gasteiger partial charge >= 0.3 is 6.09 Å². The first-order valence-corrected chi connectivity index (χ1v) is 13.2. The average molecular weight is 529 g/mol. The van der Waals surface area contributed by atoms with Gasteiger partial charge in [0.2, 0.25) is 0 Å². The quantitative estimate of drug-likeness (QED) is 0.338. The highest BCUT2D eigenvalue weighted by atomic mass is 19.1. The van der Waals surface area contributed by atoms with E-state index in [0.717, 1.165) is 27.8 Å². The molecule has 4 aromatic rings. The number of aromatic nitrogens is 2. The van der Waals surface area contributed by atoms with Gasteiger partial charge in [-0.05, 0) is 63.1 Å². The lowest BCUT2D eigenvalue weighted by Crippen LogP contribution is -2.51. The van der Waals surface area contributed by atoms with Crippen LogP contribution in [0.25, 0.3) is 16.6 Å². The first-order chi connectivity index (χ1) is 18.6. The summed E-state index contributed by atoms with van der Waals surface area (Å²) in [7, 11) is 0. The van der Waals surface area contributed by atoms with Gasteiger partial charge in [0.15, 0.2) is 0 Å². The Labute approximate surface area is 227 Å². The topological polar surface area (TPSA) is 67.7 Å². The number of benzene rings is 2. The van der Waals surface area contributed by atoms with Gasteiger partial charge in [-0.2, -0.15) is 0 Å². The second-order valence-electron chi connectivity index (χ2n) is 10.8. The van der Waals surface area contributed by atoms with Crippen LogP contribution in [0, 0.1) is 12.7 Å². The second kappa shape index (κ2) is 10.5. The minimum absolute atomic E-state index is 0.117. The van der Waals surface area contributed by atoms with Crippen molar-refractivity contribution in [2.45, 2.75) is 39.7 Å². The third kappa shape index (κ3) is 5.37. The standard InChI is InChI=1S/C31H33FN4O3/c1-21-22(9-8-12-25(21)32)19-26-28(24-13-14-33-20-27(24)36(26)23-10-6-5-7-11-23)29(37)34-15-17-35(18-16-34)30(38)39-31(2,3)4/h5-14,20H,15-19H2,1-4H3. The lowest BCUT2D eigenvalue weighted by atomic mass is 9.99. The fourth-order valence-electron chi connectivity index (χ4n) is 5.07. The first kappa shape index (κ1) is 26.4. The van der Waals surface area contributed by atoms with E-state index in [9.17, 15) is 14.0 Å². The summed E-state index contributed by atoms with van der Waals surface area (Å²) in [5, 5.41) is 0.789. The Morgan fingerprint density at radius 2 is 1.64 bits per heavy atom. The molecule has 7 nitrogen and oxygen atoms in total. The van der Waals surface area contributed by atoms with Crippen LogP contribution in [-0.4, -0.2) is 63.1 Å². The Hall–Kier alpha value is -4.20. The highest BCUT2D eigenvalue weighted by Gasteiger charge is 2.32. The van der Waals surface area contributed by atoms with Crippen molar-refractivity contribution in [1.29, 1.82) is 0 Å². The number of ether oxygens (including phenoxy) is 1. The Kier molecular flexibility index (Phi) is 7.12. The van der Waals surface area contributed by atoms with Crippen LogP contribution in [0.15, 0.2) is 67.0 Å². The van der Waals surface area contributed by atoms with Crippen LogP contribution in [0.5, 0.6) is 0 Å². The van der Waals surface area contributed by atoms with E-state index >= 15 is 0 Å². The Balaban J connectivity index is 1.56. The van der Waals surface area contributed by atoms with Crippen molar-refractivity contribution in [1.82, 2.24) is 19.4 Å². The van der Waals surface area contributed by atoms with Crippen LogP contribution in [0.3, 0.4) is 0 Å².